The number of nitrogens with two attached hydrogens (primary N) is 1. The first-order valence-corrected chi connectivity index (χ1v) is 7.62. The van der Waals surface area contributed by atoms with Crippen molar-refractivity contribution in [3.63, 3.8) is 0 Å². The average molecular weight is 421 g/mol. The Morgan fingerprint density at radius 2 is 1.82 bits per heavy atom. The Balaban J connectivity index is 0.00000176. The van der Waals surface area contributed by atoms with Gasteiger partial charge in [-0.05, 0) is 55.2 Å². The van der Waals surface area contributed by atoms with Crippen molar-refractivity contribution in [2.75, 3.05) is 6.54 Å². The van der Waals surface area contributed by atoms with E-state index in [0.29, 0.717) is 11.9 Å². The van der Waals surface area contributed by atoms with Crippen molar-refractivity contribution in [3.8, 4) is 0 Å². The summed E-state index contributed by atoms with van der Waals surface area (Å²) in [5, 5.41) is 3.19. The molecule has 0 saturated heterocycles. The molecule has 0 aromatic heterocycles. The fourth-order valence-electron chi connectivity index (χ4n) is 2.98. The molecular weight excluding hydrogens is 399 g/mol. The topological polar surface area (TPSA) is 50.4 Å². The van der Waals surface area contributed by atoms with Gasteiger partial charge in [-0.3, -0.25) is 4.99 Å². The number of hydrogen-bond donors (Lipinski definition) is 2. The Morgan fingerprint density at radius 3 is 2.36 bits per heavy atom. The molecule has 3 rings (SSSR count). The van der Waals surface area contributed by atoms with Crippen LogP contribution in [0.25, 0.3) is 0 Å². The van der Waals surface area contributed by atoms with Crippen LogP contribution >= 0.6 is 24.0 Å². The third-order valence-electron chi connectivity index (χ3n) is 4.59. The molecule has 0 heterocycles. The largest absolute Gasteiger partial charge is 0.370 e. The Hall–Kier alpha value is -0.920. The minimum atomic E-state index is -0.511. The standard InChI is InChI=1S/C16H21F2N3.HI/c17-13-4-11(5-14(18)8-13)12-6-15(7-12)21-16(19)20-9-10-2-1-3-10;/h4-5,8,10,12,15H,1-3,6-7,9H2,(H3,19,20,21);1H. The van der Waals surface area contributed by atoms with Crippen molar-refractivity contribution in [3.05, 3.63) is 35.4 Å². The SMILES string of the molecule is I.NC(=NCC1CCC1)NC1CC(c2cc(F)cc(F)c2)C1. The second-order valence-electron chi connectivity index (χ2n) is 6.24. The lowest BCUT2D eigenvalue weighted by molar-refractivity contribution is 0.316. The van der Waals surface area contributed by atoms with Gasteiger partial charge < -0.3 is 11.1 Å². The highest BCUT2D eigenvalue weighted by atomic mass is 127. The zero-order valence-electron chi connectivity index (χ0n) is 12.4. The van der Waals surface area contributed by atoms with Crippen LogP contribution in [0.15, 0.2) is 23.2 Å². The first-order valence-electron chi connectivity index (χ1n) is 7.62. The Labute approximate surface area is 146 Å². The van der Waals surface area contributed by atoms with E-state index in [1.54, 1.807) is 0 Å². The highest BCUT2D eigenvalue weighted by molar-refractivity contribution is 14.0. The van der Waals surface area contributed by atoms with Gasteiger partial charge in [0.25, 0.3) is 0 Å². The molecule has 3 nitrogen and oxygen atoms in total. The smallest absolute Gasteiger partial charge is 0.188 e. The molecule has 0 unspecified atom stereocenters. The van der Waals surface area contributed by atoms with Crippen LogP contribution in [0.1, 0.15) is 43.6 Å². The predicted molar refractivity (Wildman–Crippen MR) is 94.5 cm³/mol. The van der Waals surface area contributed by atoms with Crippen LogP contribution in [-0.2, 0) is 0 Å². The number of rotatable bonds is 4. The van der Waals surface area contributed by atoms with Crippen LogP contribution in [0, 0.1) is 17.6 Å². The van der Waals surface area contributed by atoms with Gasteiger partial charge in [-0.25, -0.2) is 8.78 Å². The van der Waals surface area contributed by atoms with E-state index in [9.17, 15) is 8.78 Å². The summed E-state index contributed by atoms with van der Waals surface area (Å²) in [4.78, 5) is 4.36. The summed E-state index contributed by atoms with van der Waals surface area (Å²) in [6.07, 6.45) is 5.49. The summed E-state index contributed by atoms with van der Waals surface area (Å²) in [6, 6.07) is 3.99. The predicted octanol–water partition coefficient (Wildman–Crippen LogP) is 3.53. The highest BCUT2D eigenvalue weighted by Gasteiger charge is 2.31. The Morgan fingerprint density at radius 1 is 1.18 bits per heavy atom. The van der Waals surface area contributed by atoms with E-state index in [4.69, 9.17) is 5.73 Å². The van der Waals surface area contributed by atoms with E-state index in [1.165, 1.54) is 31.4 Å². The van der Waals surface area contributed by atoms with Gasteiger partial charge in [0.2, 0.25) is 0 Å². The zero-order valence-corrected chi connectivity index (χ0v) is 14.7. The van der Waals surface area contributed by atoms with Crippen LogP contribution in [0.4, 0.5) is 8.78 Å². The van der Waals surface area contributed by atoms with E-state index in [1.807, 2.05) is 0 Å². The molecule has 6 heteroatoms. The summed E-state index contributed by atoms with van der Waals surface area (Å²) in [6.45, 7) is 0.810. The third kappa shape index (κ3) is 4.30. The molecular formula is C16H22F2IN3. The monoisotopic (exact) mass is 421 g/mol. The fraction of sp³-hybridized carbons (Fsp3) is 0.562. The zero-order chi connectivity index (χ0) is 14.8. The molecule has 0 aliphatic heterocycles. The van der Waals surface area contributed by atoms with Crippen LogP contribution in [0.3, 0.4) is 0 Å². The van der Waals surface area contributed by atoms with Crippen molar-refractivity contribution in [2.45, 2.75) is 44.1 Å². The van der Waals surface area contributed by atoms with Gasteiger partial charge in [0.15, 0.2) is 5.96 Å². The molecule has 1 aromatic rings. The quantitative estimate of drug-likeness (QED) is 0.444. The molecule has 0 spiro atoms. The number of aliphatic imine (C=N–C) groups is 1. The molecule has 0 bridgehead atoms. The Bertz CT molecular complexity index is 520. The molecule has 122 valence electrons. The summed E-state index contributed by atoms with van der Waals surface area (Å²) in [7, 11) is 0. The maximum Gasteiger partial charge on any atom is 0.188 e. The summed E-state index contributed by atoms with van der Waals surface area (Å²) >= 11 is 0. The van der Waals surface area contributed by atoms with Crippen LogP contribution in [-0.4, -0.2) is 18.5 Å². The first-order chi connectivity index (χ1) is 10.1. The molecule has 2 aliphatic rings. The molecule has 1 aromatic carbocycles. The van der Waals surface area contributed by atoms with Gasteiger partial charge in [0, 0.05) is 18.7 Å². The minimum Gasteiger partial charge on any atom is -0.370 e. The van der Waals surface area contributed by atoms with Gasteiger partial charge in [0.05, 0.1) is 0 Å². The second kappa shape index (κ2) is 7.57. The van der Waals surface area contributed by atoms with E-state index < -0.39 is 11.6 Å². The van der Waals surface area contributed by atoms with Crippen LogP contribution in [0.2, 0.25) is 0 Å². The van der Waals surface area contributed by atoms with Crippen molar-refractivity contribution < 1.29 is 8.78 Å². The van der Waals surface area contributed by atoms with Gasteiger partial charge >= 0.3 is 0 Å². The van der Waals surface area contributed by atoms with E-state index >= 15 is 0 Å². The lowest BCUT2D eigenvalue weighted by Crippen LogP contribution is -2.46. The van der Waals surface area contributed by atoms with Gasteiger partial charge in [-0.2, -0.15) is 0 Å². The van der Waals surface area contributed by atoms with Crippen LogP contribution in [0.5, 0.6) is 0 Å². The van der Waals surface area contributed by atoms with Crippen molar-refractivity contribution in [1.82, 2.24) is 5.32 Å². The molecule has 0 amide bonds. The molecule has 2 fully saturated rings. The molecule has 2 saturated carbocycles. The van der Waals surface area contributed by atoms with E-state index in [0.717, 1.165) is 31.0 Å². The van der Waals surface area contributed by atoms with Crippen LogP contribution < -0.4 is 11.1 Å². The van der Waals surface area contributed by atoms with Gasteiger partial charge in [-0.1, -0.05) is 6.42 Å². The lowest BCUT2D eigenvalue weighted by Gasteiger charge is -2.36. The summed E-state index contributed by atoms with van der Waals surface area (Å²) in [5.74, 6) is 0.378. The molecule has 2 aliphatic carbocycles. The number of nitrogens with one attached hydrogen (secondary N) is 1. The molecule has 0 atom stereocenters. The third-order valence-corrected chi connectivity index (χ3v) is 4.59. The minimum absolute atomic E-state index is 0. The van der Waals surface area contributed by atoms with Crippen molar-refractivity contribution in [1.29, 1.82) is 0 Å². The Kier molecular flexibility index (Phi) is 6.00. The number of nitrogens with zero attached hydrogens (tertiary/aromatic N) is 1. The fourth-order valence-corrected chi connectivity index (χ4v) is 2.98. The number of hydrogen-bond acceptors (Lipinski definition) is 1. The molecule has 3 N–H and O–H groups in total. The second-order valence-corrected chi connectivity index (χ2v) is 6.24. The van der Waals surface area contributed by atoms with Crippen molar-refractivity contribution >= 4 is 29.9 Å². The lowest BCUT2D eigenvalue weighted by atomic mass is 9.76. The van der Waals surface area contributed by atoms with Gasteiger partial charge in [-0.15, -0.1) is 24.0 Å². The number of benzene rings is 1. The maximum atomic E-state index is 13.2. The summed E-state index contributed by atoms with van der Waals surface area (Å²) < 4.78 is 26.4. The normalized spacial score (nSPS) is 24.9. The summed E-state index contributed by atoms with van der Waals surface area (Å²) in [5.41, 5.74) is 6.59. The number of halogens is 3. The van der Waals surface area contributed by atoms with E-state index in [-0.39, 0.29) is 35.9 Å². The highest BCUT2D eigenvalue weighted by Crippen LogP contribution is 2.37. The number of guanidine groups is 1. The first kappa shape index (κ1) is 17.4. The maximum absolute atomic E-state index is 13.2. The van der Waals surface area contributed by atoms with E-state index in [2.05, 4.69) is 10.3 Å². The molecule has 22 heavy (non-hydrogen) atoms. The molecule has 0 radical (unpaired) electrons. The van der Waals surface area contributed by atoms with Crippen molar-refractivity contribution in [2.24, 2.45) is 16.6 Å². The average Bonchev–Trinajstić information content (AvgIpc) is 2.29. The van der Waals surface area contributed by atoms with Gasteiger partial charge in [0.1, 0.15) is 11.6 Å².